The van der Waals surface area contributed by atoms with Gasteiger partial charge in [-0.05, 0) is 49.1 Å². The molecule has 0 spiro atoms. The number of hydrogen-bond donors (Lipinski definition) is 1. The standard InChI is InChI=1S/C21H21N3O4S/c1-13(25)23-11-17-12-24(21(27)28-17)16-5-6-18-14(9-16)3-2-4-15(20(18)26)10-19-22-7-8-29-19/h5-10,17H,2-4,11-12H2,1H3,(H,23,25)/b15-10+/t17-/m0/s1. The van der Waals surface area contributed by atoms with Crippen molar-refractivity contribution in [1.29, 1.82) is 0 Å². The fraction of sp³-hybridized carbons (Fsp3) is 0.333. The lowest BCUT2D eigenvalue weighted by Gasteiger charge is -2.15. The summed E-state index contributed by atoms with van der Waals surface area (Å²) in [6.07, 6.45) is 5.10. The molecule has 1 aromatic heterocycles. The highest BCUT2D eigenvalue weighted by atomic mass is 32.1. The van der Waals surface area contributed by atoms with Crippen LogP contribution >= 0.6 is 11.3 Å². The molecular weight excluding hydrogens is 390 g/mol. The molecule has 2 aromatic rings. The summed E-state index contributed by atoms with van der Waals surface area (Å²) in [7, 11) is 0. The van der Waals surface area contributed by atoms with E-state index in [4.69, 9.17) is 4.74 Å². The second-order valence-electron chi connectivity index (χ2n) is 7.12. The number of ether oxygens (including phenoxy) is 1. The van der Waals surface area contributed by atoms with E-state index in [1.807, 2.05) is 17.5 Å². The molecule has 4 rings (SSSR count). The number of thiazole rings is 1. The minimum Gasteiger partial charge on any atom is -0.442 e. The van der Waals surface area contributed by atoms with Crippen molar-refractivity contribution in [2.75, 3.05) is 18.0 Å². The van der Waals surface area contributed by atoms with E-state index in [0.29, 0.717) is 24.2 Å². The molecule has 0 unspecified atom stereocenters. The van der Waals surface area contributed by atoms with Gasteiger partial charge in [-0.15, -0.1) is 11.3 Å². The van der Waals surface area contributed by atoms with E-state index in [2.05, 4.69) is 10.3 Å². The number of fused-ring (bicyclic) bond motifs is 1. The molecule has 1 atom stereocenters. The number of aromatic nitrogens is 1. The molecule has 1 aliphatic carbocycles. The Kier molecular flexibility index (Phi) is 5.44. The third kappa shape index (κ3) is 4.22. The van der Waals surface area contributed by atoms with Crippen molar-refractivity contribution < 1.29 is 19.1 Å². The van der Waals surface area contributed by atoms with E-state index in [0.717, 1.165) is 29.0 Å². The molecule has 8 heteroatoms. The summed E-state index contributed by atoms with van der Waals surface area (Å²) in [5.41, 5.74) is 3.09. The topological polar surface area (TPSA) is 88.6 Å². The Balaban J connectivity index is 1.55. The normalized spacial score (nSPS) is 20.4. The second kappa shape index (κ2) is 8.16. The SMILES string of the molecule is CC(=O)NC[C@H]1CN(c2ccc3c(c2)CCC/C(=C\c2nccs2)C3=O)C(=O)O1. The van der Waals surface area contributed by atoms with Crippen LogP contribution in [0.4, 0.5) is 10.5 Å². The Labute approximate surface area is 172 Å². The molecule has 1 aliphatic heterocycles. The molecule has 1 saturated heterocycles. The van der Waals surface area contributed by atoms with Crippen molar-refractivity contribution in [1.82, 2.24) is 10.3 Å². The number of benzene rings is 1. The van der Waals surface area contributed by atoms with Crippen LogP contribution in [0.3, 0.4) is 0 Å². The predicted molar refractivity (Wildman–Crippen MR) is 110 cm³/mol. The first-order chi connectivity index (χ1) is 14.0. The highest BCUT2D eigenvalue weighted by Gasteiger charge is 2.33. The zero-order chi connectivity index (χ0) is 20.4. The Morgan fingerprint density at radius 3 is 3.00 bits per heavy atom. The van der Waals surface area contributed by atoms with Crippen molar-refractivity contribution in [3.8, 4) is 0 Å². The van der Waals surface area contributed by atoms with Crippen molar-refractivity contribution in [2.45, 2.75) is 32.3 Å². The Hall–Kier alpha value is -3.00. The van der Waals surface area contributed by atoms with Gasteiger partial charge in [0.1, 0.15) is 11.1 Å². The van der Waals surface area contributed by atoms with Gasteiger partial charge >= 0.3 is 6.09 Å². The quantitative estimate of drug-likeness (QED) is 0.617. The minimum atomic E-state index is -0.440. The largest absolute Gasteiger partial charge is 0.442 e. The monoisotopic (exact) mass is 411 g/mol. The Bertz CT molecular complexity index is 984. The number of rotatable bonds is 4. The molecule has 0 saturated carbocycles. The number of Topliss-reactive ketones (excluding diaryl/α,β-unsaturated/α-hetero) is 1. The lowest BCUT2D eigenvalue weighted by molar-refractivity contribution is -0.119. The minimum absolute atomic E-state index is 0.0202. The van der Waals surface area contributed by atoms with Crippen molar-refractivity contribution in [2.24, 2.45) is 0 Å². The summed E-state index contributed by atoms with van der Waals surface area (Å²) in [6.45, 7) is 2.07. The summed E-state index contributed by atoms with van der Waals surface area (Å²) in [4.78, 5) is 42.2. The number of carbonyl (C=O) groups excluding carboxylic acids is 3. The van der Waals surface area contributed by atoms with Gasteiger partial charge in [-0.3, -0.25) is 14.5 Å². The molecule has 1 fully saturated rings. The number of anilines is 1. The maximum atomic E-state index is 13.0. The lowest BCUT2D eigenvalue weighted by atomic mass is 9.99. The summed E-state index contributed by atoms with van der Waals surface area (Å²) in [6, 6.07) is 5.48. The molecule has 1 aromatic carbocycles. The van der Waals surface area contributed by atoms with E-state index in [1.165, 1.54) is 18.3 Å². The van der Waals surface area contributed by atoms with Crippen LogP contribution in [0, 0.1) is 0 Å². The van der Waals surface area contributed by atoms with E-state index in [1.54, 1.807) is 23.2 Å². The number of carbonyl (C=O) groups is 3. The highest BCUT2D eigenvalue weighted by Crippen LogP contribution is 2.30. The molecule has 2 amide bonds. The third-order valence-electron chi connectivity index (χ3n) is 5.03. The number of aryl methyl sites for hydroxylation is 1. The van der Waals surface area contributed by atoms with Crippen LogP contribution in [-0.4, -0.2) is 42.0 Å². The summed E-state index contributed by atoms with van der Waals surface area (Å²) in [5.74, 6) is -0.142. The second-order valence-corrected chi connectivity index (χ2v) is 8.04. The summed E-state index contributed by atoms with van der Waals surface area (Å²) in [5, 5.41) is 5.39. The summed E-state index contributed by atoms with van der Waals surface area (Å²) < 4.78 is 5.33. The van der Waals surface area contributed by atoms with Gasteiger partial charge < -0.3 is 10.1 Å². The maximum absolute atomic E-state index is 13.0. The molecule has 150 valence electrons. The fourth-order valence-corrected chi connectivity index (χ4v) is 4.21. The van der Waals surface area contributed by atoms with Crippen molar-refractivity contribution >= 4 is 40.9 Å². The van der Waals surface area contributed by atoms with E-state index in [-0.39, 0.29) is 24.3 Å². The molecule has 0 radical (unpaired) electrons. The maximum Gasteiger partial charge on any atom is 0.414 e. The van der Waals surface area contributed by atoms with Gasteiger partial charge in [0.15, 0.2) is 5.78 Å². The Morgan fingerprint density at radius 1 is 1.38 bits per heavy atom. The zero-order valence-corrected chi connectivity index (χ0v) is 16.8. The first-order valence-electron chi connectivity index (χ1n) is 9.51. The first kappa shape index (κ1) is 19.3. The van der Waals surface area contributed by atoms with Crippen LogP contribution in [-0.2, 0) is 16.0 Å². The molecule has 1 N–H and O–H groups in total. The average Bonchev–Trinajstić information content (AvgIpc) is 3.31. The summed E-state index contributed by atoms with van der Waals surface area (Å²) >= 11 is 1.51. The number of nitrogens with one attached hydrogen (secondary N) is 1. The van der Waals surface area contributed by atoms with E-state index in [9.17, 15) is 14.4 Å². The smallest absolute Gasteiger partial charge is 0.414 e. The Morgan fingerprint density at radius 2 is 2.24 bits per heavy atom. The number of nitrogens with zero attached hydrogens (tertiary/aromatic N) is 2. The van der Waals surface area contributed by atoms with Crippen molar-refractivity contribution in [3.63, 3.8) is 0 Å². The fourth-order valence-electron chi connectivity index (χ4n) is 3.62. The van der Waals surface area contributed by atoms with E-state index >= 15 is 0 Å². The van der Waals surface area contributed by atoms with Crippen LogP contribution in [0.25, 0.3) is 6.08 Å². The van der Waals surface area contributed by atoms with Gasteiger partial charge in [0, 0.05) is 35.3 Å². The van der Waals surface area contributed by atoms with Crippen LogP contribution in [0.5, 0.6) is 0 Å². The molecule has 0 bridgehead atoms. The number of ketones is 1. The molecule has 2 heterocycles. The van der Waals surface area contributed by atoms with Crippen LogP contribution in [0.15, 0.2) is 35.3 Å². The lowest BCUT2D eigenvalue weighted by Crippen LogP contribution is -2.33. The van der Waals surface area contributed by atoms with E-state index < -0.39 is 6.09 Å². The number of hydrogen-bond acceptors (Lipinski definition) is 6. The first-order valence-corrected chi connectivity index (χ1v) is 10.4. The van der Waals surface area contributed by atoms with Crippen LogP contribution in [0.2, 0.25) is 0 Å². The molecule has 2 aliphatic rings. The van der Waals surface area contributed by atoms with Gasteiger partial charge in [0.05, 0.1) is 13.1 Å². The molecule has 29 heavy (non-hydrogen) atoms. The average molecular weight is 411 g/mol. The number of cyclic esters (lactones) is 1. The molecular formula is C21H21N3O4S. The highest BCUT2D eigenvalue weighted by molar-refractivity contribution is 7.10. The third-order valence-corrected chi connectivity index (χ3v) is 5.75. The van der Waals surface area contributed by atoms with Crippen LogP contribution in [0.1, 0.15) is 40.7 Å². The predicted octanol–water partition coefficient (Wildman–Crippen LogP) is 3.21. The van der Waals surface area contributed by atoms with Crippen LogP contribution < -0.4 is 10.2 Å². The van der Waals surface area contributed by atoms with Gasteiger partial charge in [-0.25, -0.2) is 9.78 Å². The van der Waals surface area contributed by atoms with Gasteiger partial charge in [0.2, 0.25) is 5.91 Å². The van der Waals surface area contributed by atoms with Gasteiger partial charge in [0.25, 0.3) is 0 Å². The number of allylic oxidation sites excluding steroid dienone is 1. The zero-order valence-electron chi connectivity index (χ0n) is 16.0. The molecule has 7 nitrogen and oxygen atoms in total. The number of amides is 2. The van der Waals surface area contributed by atoms with Gasteiger partial charge in [-0.2, -0.15) is 0 Å². The van der Waals surface area contributed by atoms with Crippen molar-refractivity contribution in [3.05, 3.63) is 51.5 Å². The van der Waals surface area contributed by atoms with Gasteiger partial charge in [-0.1, -0.05) is 0 Å².